The average molecular weight is 545 g/mol. The number of benzene rings is 2. The van der Waals surface area contributed by atoms with Crippen LogP contribution in [0.3, 0.4) is 0 Å². The summed E-state index contributed by atoms with van der Waals surface area (Å²) in [5, 5.41) is 10.7. The van der Waals surface area contributed by atoms with Gasteiger partial charge in [-0.15, -0.1) is 0 Å². The number of rotatable bonds is 7. The first-order valence-electron chi connectivity index (χ1n) is 11.9. The molecule has 7 nitrogen and oxygen atoms in total. The van der Waals surface area contributed by atoms with Crippen LogP contribution in [-0.4, -0.2) is 41.2 Å². The van der Waals surface area contributed by atoms with E-state index in [1.807, 2.05) is 0 Å². The fraction of sp³-hybridized carbons (Fsp3) is 0.259. The Kier molecular flexibility index (Phi) is 6.74. The Labute approximate surface area is 216 Å². The summed E-state index contributed by atoms with van der Waals surface area (Å²) in [5.74, 6) is -0.407. The van der Waals surface area contributed by atoms with Crippen LogP contribution in [0.1, 0.15) is 30.4 Å². The number of pyridine rings is 1. The van der Waals surface area contributed by atoms with E-state index in [1.54, 1.807) is 36.4 Å². The van der Waals surface area contributed by atoms with Crippen molar-refractivity contribution >= 4 is 26.8 Å². The highest BCUT2D eigenvalue weighted by molar-refractivity contribution is 7.89. The van der Waals surface area contributed by atoms with Crippen molar-refractivity contribution in [3.05, 3.63) is 78.0 Å². The van der Waals surface area contributed by atoms with Gasteiger partial charge in [-0.25, -0.2) is 8.42 Å². The summed E-state index contributed by atoms with van der Waals surface area (Å²) in [4.78, 5) is 17.0. The van der Waals surface area contributed by atoms with Crippen LogP contribution < -0.4 is 0 Å². The molecule has 2 aromatic heterocycles. The van der Waals surface area contributed by atoms with Gasteiger partial charge in [0.25, 0.3) is 10.0 Å². The van der Waals surface area contributed by atoms with Crippen molar-refractivity contribution in [2.75, 3.05) is 6.54 Å². The summed E-state index contributed by atoms with van der Waals surface area (Å²) in [6.45, 7) is 0.207. The van der Waals surface area contributed by atoms with Gasteiger partial charge in [-0.1, -0.05) is 24.3 Å². The molecule has 0 aliphatic carbocycles. The lowest BCUT2D eigenvalue weighted by atomic mass is 9.99. The number of aromatic nitrogens is 1. The maximum absolute atomic E-state index is 13.3. The van der Waals surface area contributed by atoms with E-state index in [0.29, 0.717) is 35.6 Å². The number of fused-ring (bicyclic) bond motifs is 1. The Morgan fingerprint density at radius 1 is 1.11 bits per heavy atom. The number of hydrogen-bond donors (Lipinski definition) is 1. The largest absolute Gasteiger partial charge is 0.507 e. The highest BCUT2D eigenvalue weighted by Gasteiger charge is 2.40. The van der Waals surface area contributed by atoms with Gasteiger partial charge in [-0.2, -0.15) is 17.5 Å². The molecule has 0 amide bonds. The van der Waals surface area contributed by atoms with E-state index in [-0.39, 0.29) is 47.3 Å². The Balaban J connectivity index is 1.30. The Morgan fingerprint density at radius 3 is 2.61 bits per heavy atom. The lowest BCUT2D eigenvalue weighted by Gasteiger charge is -2.21. The molecule has 1 aliphatic heterocycles. The van der Waals surface area contributed by atoms with Crippen molar-refractivity contribution < 1.29 is 35.9 Å². The molecular weight excluding hydrogens is 521 g/mol. The summed E-state index contributed by atoms with van der Waals surface area (Å²) < 4.78 is 71.9. The van der Waals surface area contributed by atoms with E-state index in [2.05, 4.69) is 4.98 Å². The molecule has 11 heteroatoms. The Bertz CT molecular complexity index is 1560. The molecule has 1 atom stereocenters. The monoisotopic (exact) mass is 544 g/mol. The summed E-state index contributed by atoms with van der Waals surface area (Å²) >= 11 is 0. The number of hydrogen-bond acceptors (Lipinski definition) is 6. The van der Waals surface area contributed by atoms with Crippen molar-refractivity contribution in [1.82, 2.24) is 9.29 Å². The highest BCUT2D eigenvalue weighted by atomic mass is 32.2. The van der Waals surface area contributed by atoms with Crippen LogP contribution in [0.5, 0.6) is 5.75 Å². The van der Waals surface area contributed by atoms with Crippen LogP contribution in [0, 0.1) is 0 Å². The van der Waals surface area contributed by atoms with Gasteiger partial charge < -0.3 is 9.52 Å². The van der Waals surface area contributed by atoms with Crippen molar-refractivity contribution in [3.63, 3.8) is 0 Å². The number of aryl methyl sites for hydroxylation is 1. The van der Waals surface area contributed by atoms with Crippen LogP contribution in [0.2, 0.25) is 0 Å². The van der Waals surface area contributed by atoms with Crippen LogP contribution in [-0.2, 0) is 27.4 Å². The number of halogens is 3. The lowest BCUT2D eigenvalue weighted by Crippen LogP contribution is -2.40. The molecule has 1 aliphatic rings. The second-order valence-electron chi connectivity index (χ2n) is 9.12. The summed E-state index contributed by atoms with van der Waals surface area (Å²) in [6, 6.07) is 14.2. The van der Waals surface area contributed by atoms with Gasteiger partial charge in [0.1, 0.15) is 11.3 Å². The normalized spacial score (nSPS) is 16.8. The first-order valence-corrected chi connectivity index (χ1v) is 13.4. The second-order valence-corrected chi connectivity index (χ2v) is 10.9. The zero-order valence-electron chi connectivity index (χ0n) is 20.0. The van der Waals surface area contributed by atoms with E-state index in [9.17, 15) is 31.5 Å². The third kappa shape index (κ3) is 5.03. The van der Waals surface area contributed by atoms with Gasteiger partial charge in [-0.05, 0) is 55.2 Å². The lowest BCUT2D eigenvalue weighted by molar-refractivity contribution is -0.137. The third-order valence-electron chi connectivity index (χ3n) is 6.63. The first kappa shape index (κ1) is 25.9. The highest BCUT2D eigenvalue weighted by Crippen LogP contribution is 2.34. The topological polar surface area (TPSA) is 101 Å². The SMILES string of the molecule is O=C(CCc1ccc(O)c(-c2ccc(C(F)(F)F)cn2)c1)[C@@H]1CCCN1S(=O)(=O)c1cc2ccccc2o1. The van der Waals surface area contributed by atoms with Crippen LogP contribution in [0.4, 0.5) is 13.2 Å². The number of Topliss-reactive ketones (excluding diaryl/α,β-unsaturated/α-hetero) is 1. The Hall–Kier alpha value is -3.70. The smallest absolute Gasteiger partial charge is 0.417 e. The fourth-order valence-corrected chi connectivity index (χ4v) is 6.28. The van der Waals surface area contributed by atoms with E-state index in [0.717, 1.165) is 6.07 Å². The first-order chi connectivity index (χ1) is 18.0. The van der Waals surface area contributed by atoms with Crippen LogP contribution >= 0.6 is 0 Å². The standard InChI is InChI=1S/C27H23F3N2O5S/c28-27(29,30)19-9-10-21(31-16-19)20-14-17(7-11-23(20)33)8-12-24(34)22-5-3-13-32(22)38(35,36)26-15-18-4-1-2-6-25(18)37-26/h1-2,4,6-7,9-11,14-16,22,33H,3,5,8,12-13H2/t22-/m0/s1. The molecule has 1 fully saturated rings. The molecule has 198 valence electrons. The molecule has 2 aromatic carbocycles. The molecule has 3 heterocycles. The zero-order chi connectivity index (χ0) is 27.1. The van der Waals surface area contributed by atoms with Crippen molar-refractivity contribution in [3.8, 4) is 17.0 Å². The summed E-state index contributed by atoms with van der Waals surface area (Å²) in [6.07, 6.45) is -2.60. The predicted octanol–water partition coefficient (Wildman–Crippen LogP) is 5.57. The summed E-state index contributed by atoms with van der Waals surface area (Å²) in [5.41, 5.74) is 0.582. The molecule has 1 saturated heterocycles. The molecule has 0 saturated carbocycles. The van der Waals surface area contributed by atoms with Gasteiger partial charge in [0.05, 0.1) is 17.3 Å². The molecule has 0 bridgehead atoms. The van der Waals surface area contributed by atoms with Gasteiger partial charge in [-0.3, -0.25) is 9.78 Å². The second kappa shape index (κ2) is 9.88. The number of alkyl halides is 3. The van der Waals surface area contributed by atoms with Gasteiger partial charge >= 0.3 is 6.18 Å². The minimum absolute atomic E-state index is 0.0431. The summed E-state index contributed by atoms with van der Waals surface area (Å²) in [7, 11) is -4.02. The van der Waals surface area contributed by atoms with Crippen LogP contribution in [0.15, 0.2) is 76.4 Å². The number of ketones is 1. The number of furan rings is 1. The minimum Gasteiger partial charge on any atom is -0.507 e. The number of aromatic hydroxyl groups is 1. The molecule has 0 unspecified atom stereocenters. The fourth-order valence-electron chi connectivity index (χ4n) is 4.65. The number of phenolic OH excluding ortho intramolecular Hbond substituents is 1. The molecule has 4 aromatic rings. The number of nitrogens with zero attached hydrogens (tertiary/aromatic N) is 2. The number of carbonyl (C=O) groups excluding carboxylic acids is 1. The molecule has 5 rings (SSSR count). The van der Waals surface area contributed by atoms with Crippen molar-refractivity contribution in [2.45, 2.75) is 43.0 Å². The van der Waals surface area contributed by atoms with Gasteiger partial charge in [0.2, 0.25) is 5.09 Å². The number of phenols is 1. The molecule has 1 N–H and O–H groups in total. The van der Waals surface area contributed by atoms with Crippen LogP contribution in [0.25, 0.3) is 22.2 Å². The zero-order valence-corrected chi connectivity index (χ0v) is 20.8. The minimum atomic E-state index is -4.53. The predicted molar refractivity (Wildman–Crippen MR) is 133 cm³/mol. The van der Waals surface area contributed by atoms with Crippen molar-refractivity contribution in [2.24, 2.45) is 0 Å². The molecular formula is C27H23F3N2O5S. The van der Waals surface area contributed by atoms with Crippen molar-refractivity contribution in [1.29, 1.82) is 0 Å². The molecule has 0 spiro atoms. The maximum Gasteiger partial charge on any atom is 0.417 e. The average Bonchev–Trinajstić information content (AvgIpc) is 3.56. The van der Waals surface area contributed by atoms with E-state index >= 15 is 0 Å². The maximum atomic E-state index is 13.3. The van der Waals surface area contributed by atoms with E-state index in [1.165, 1.54) is 22.5 Å². The van der Waals surface area contributed by atoms with E-state index < -0.39 is 27.8 Å². The molecule has 38 heavy (non-hydrogen) atoms. The Morgan fingerprint density at radius 2 is 1.89 bits per heavy atom. The quantitative estimate of drug-likeness (QED) is 0.326. The van der Waals surface area contributed by atoms with Gasteiger partial charge in [0, 0.05) is 36.2 Å². The van der Waals surface area contributed by atoms with E-state index in [4.69, 9.17) is 4.42 Å². The number of para-hydroxylation sites is 1. The van der Waals surface area contributed by atoms with Gasteiger partial charge in [0.15, 0.2) is 5.78 Å². The number of carbonyl (C=O) groups is 1. The molecule has 0 radical (unpaired) electrons. The number of sulfonamides is 1. The third-order valence-corrected chi connectivity index (χ3v) is 8.39.